The number of piperazine rings is 1. The molecule has 4 atom stereocenters. The number of hydrogen-bond acceptors (Lipinski definition) is 7. The Hall–Kier alpha value is -2.05. The first-order valence-electron chi connectivity index (χ1n) is 9.13. The van der Waals surface area contributed by atoms with Crippen molar-refractivity contribution in [2.45, 2.75) is 42.5 Å². The molecule has 0 N–H and O–H groups in total. The van der Waals surface area contributed by atoms with E-state index in [4.69, 9.17) is 9.47 Å². The zero-order valence-electron chi connectivity index (χ0n) is 15.7. The molecule has 0 aliphatic carbocycles. The van der Waals surface area contributed by atoms with E-state index in [1.165, 1.54) is 21.6 Å². The van der Waals surface area contributed by atoms with Crippen LogP contribution in [0.2, 0.25) is 0 Å². The smallest absolute Gasteiger partial charge is 0.262 e. The summed E-state index contributed by atoms with van der Waals surface area (Å²) in [5.41, 5.74) is -0.111. The van der Waals surface area contributed by atoms with Gasteiger partial charge in [-0.25, -0.2) is 0 Å². The second kappa shape index (κ2) is 5.51. The molecule has 7 nitrogen and oxygen atoms in total. The van der Waals surface area contributed by atoms with Gasteiger partial charge in [-0.05, 0) is 31.0 Å². The van der Waals surface area contributed by atoms with E-state index in [0.29, 0.717) is 24.3 Å². The number of amides is 2. The molecule has 6 rings (SSSR count). The van der Waals surface area contributed by atoms with E-state index in [1.54, 1.807) is 22.9 Å². The standard InChI is InChI=1S/C19H19N3O4S2/c1-4-18-16(24)22-14(11-5-6-12-13(7-11)26-10-25-12)17(2,9-20)8-19(22,28-27-18)15(23)21(18)3/h5-7,14H,4,8,10H2,1-3H3/t14?,17-,18-,19+/m1/s1. The summed E-state index contributed by atoms with van der Waals surface area (Å²) in [6.07, 6.45) is 0.803. The van der Waals surface area contributed by atoms with Crippen molar-refractivity contribution < 1.29 is 19.1 Å². The topological polar surface area (TPSA) is 82.9 Å². The molecule has 1 aromatic rings. The maximum atomic E-state index is 13.7. The molecule has 1 spiro atoms. The van der Waals surface area contributed by atoms with Crippen LogP contribution in [0.1, 0.15) is 38.3 Å². The Kier molecular flexibility index (Phi) is 3.55. The Morgan fingerprint density at radius 2 is 2.00 bits per heavy atom. The van der Waals surface area contributed by atoms with Crippen molar-refractivity contribution in [2.24, 2.45) is 5.41 Å². The normalized spacial score (nSPS) is 38.0. The Labute approximate surface area is 170 Å². The average molecular weight is 418 g/mol. The number of rotatable bonds is 2. The van der Waals surface area contributed by atoms with Gasteiger partial charge in [0.2, 0.25) is 6.79 Å². The van der Waals surface area contributed by atoms with Crippen molar-refractivity contribution in [3.63, 3.8) is 0 Å². The van der Waals surface area contributed by atoms with Crippen LogP contribution in [-0.2, 0) is 9.59 Å². The van der Waals surface area contributed by atoms with E-state index in [2.05, 4.69) is 6.07 Å². The average Bonchev–Trinajstić information content (AvgIpc) is 3.27. The highest BCUT2D eigenvalue weighted by Crippen LogP contribution is 2.70. The third-order valence-corrected chi connectivity index (χ3v) is 10.1. The van der Waals surface area contributed by atoms with Crippen molar-refractivity contribution in [3.8, 4) is 17.6 Å². The number of likely N-dealkylation sites (N-methyl/N-ethyl adjacent to an activating group) is 1. The molecular formula is C19H19N3O4S2. The van der Waals surface area contributed by atoms with E-state index >= 15 is 0 Å². The van der Waals surface area contributed by atoms with Gasteiger partial charge in [0.1, 0.15) is 0 Å². The van der Waals surface area contributed by atoms with Gasteiger partial charge in [-0.15, -0.1) is 0 Å². The van der Waals surface area contributed by atoms with Crippen molar-refractivity contribution >= 4 is 33.4 Å². The molecule has 2 bridgehead atoms. The number of hydrogen-bond donors (Lipinski definition) is 0. The fourth-order valence-electron chi connectivity index (χ4n) is 4.87. The van der Waals surface area contributed by atoms with Crippen molar-refractivity contribution in [3.05, 3.63) is 23.8 Å². The zero-order chi connectivity index (χ0) is 19.9. The largest absolute Gasteiger partial charge is 0.454 e. The van der Waals surface area contributed by atoms with Gasteiger partial charge in [0.05, 0.1) is 17.5 Å². The summed E-state index contributed by atoms with van der Waals surface area (Å²) in [7, 11) is 4.59. The molecule has 9 heteroatoms. The first kappa shape index (κ1) is 18.0. The summed E-state index contributed by atoms with van der Waals surface area (Å²) in [4.78, 5) is 28.4. The van der Waals surface area contributed by atoms with Crippen LogP contribution >= 0.6 is 21.6 Å². The van der Waals surface area contributed by atoms with Crippen LogP contribution in [0.5, 0.6) is 11.5 Å². The Morgan fingerprint density at radius 1 is 1.25 bits per heavy atom. The quantitative estimate of drug-likeness (QED) is 0.684. The molecular weight excluding hydrogens is 398 g/mol. The van der Waals surface area contributed by atoms with Gasteiger partial charge in [0.25, 0.3) is 11.8 Å². The third-order valence-electron chi connectivity index (χ3n) is 6.36. The van der Waals surface area contributed by atoms with Crippen LogP contribution in [-0.4, -0.2) is 45.2 Å². The second-order valence-electron chi connectivity index (χ2n) is 7.85. The zero-order valence-corrected chi connectivity index (χ0v) is 17.4. The monoisotopic (exact) mass is 417 g/mol. The number of carbonyl (C=O) groups excluding carboxylic acids is 2. The minimum absolute atomic E-state index is 0.0949. The highest BCUT2D eigenvalue weighted by atomic mass is 33.1. The van der Waals surface area contributed by atoms with E-state index in [9.17, 15) is 14.9 Å². The lowest BCUT2D eigenvalue weighted by atomic mass is 9.79. The molecule has 0 radical (unpaired) electrons. The van der Waals surface area contributed by atoms with Gasteiger partial charge in [-0.3, -0.25) is 9.59 Å². The minimum atomic E-state index is -1.06. The Balaban J connectivity index is 1.71. The third kappa shape index (κ3) is 1.88. The van der Waals surface area contributed by atoms with Gasteiger partial charge in [0, 0.05) is 13.5 Å². The molecule has 4 fully saturated rings. The Bertz CT molecular complexity index is 965. The number of ether oxygens (including phenoxy) is 2. The molecule has 5 heterocycles. The van der Waals surface area contributed by atoms with E-state index < -0.39 is 21.2 Å². The fourth-order valence-corrected chi connectivity index (χ4v) is 8.83. The first-order chi connectivity index (χ1) is 13.3. The molecule has 0 saturated carbocycles. The van der Waals surface area contributed by atoms with Crippen LogP contribution < -0.4 is 9.47 Å². The van der Waals surface area contributed by atoms with E-state index in [0.717, 1.165) is 5.56 Å². The maximum Gasteiger partial charge on any atom is 0.262 e. The van der Waals surface area contributed by atoms with Crippen LogP contribution in [0.4, 0.5) is 0 Å². The fraction of sp³-hybridized carbons (Fsp3) is 0.526. The van der Waals surface area contributed by atoms with Crippen LogP contribution in [0.3, 0.4) is 0 Å². The number of nitrogens with zero attached hydrogens (tertiary/aromatic N) is 3. The molecule has 28 heavy (non-hydrogen) atoms. The summed E-state index contributed by atoms with van der Waals surface area (Å²) < 4.78 is 10.9. The molecule has 2 amide bonds. The molecule has 1 unspecified atom stereocenters. The van der Waals surface area contributed by atoms with E-state index in [-0.39, 0.29) is 18.6 Å². The highest BCUT2D eigenvalue weighted by Gasteiger charge is 2.75. The summed E-state index contributed by atoms with van der Waals surface area (Å²) in [5, 5.41) is 10.1. The van der Waals surface area contributed by atoms with Crippen molar-refractivity contribution in [2.75, 3.05) is 13.8 Å². The van der Waals surface area contributed by atoms with E-state index in [1.807, 2.05) is 26.0 Å². The van der Waals surface area contributed by atoms with Crippen molar-refractivity contribution in [1.29, 1.82) is 5.26 Å². The maximum absolute atomic E-state index is 13.7. The summed E-state index contributed by atoms with van der Waals surface area (Å²) in [6.45, 7) is 3.91. The molecule has 5 aliphatic heterocycles. The minimum Gasteiger partial charge on any atom is -0.454 e. The molecule has 0 aromatic heterocycles. The van der Waals surface area contributed by atoms with Crippen LogP contribution in [0.25, 0.3) is 0 Å². The van der Waals surface area contributed by atoms with Crippen LogP contribution in [0, 0.1) is 16.7 Å². The lowest BCUT2D eigenvalue weighted by Crippen LogP contribution is -2.74. The second-order valence-corrected chi connectivity index (χ2v) is 10.5. The molecule has 1 aromatic carbocycles. The summed E-state index contributed by atoms with van der Waals surface area (Å²) >= 11 is 0. The number of benzene rings is 1. The van der Waals surface area contributed by atoms with Gasteiger partial charge < -0.3 is 19.3 Å². The van der Waals surface area contributed by atoms with Crippen LogP contribution in [0.15, 0.2) is 18.2 Å². The van der Waals surface area contributed by atoms with Gasteiger partial charge in [0.15, 0.2) is 21.2 Å². The Morgan fingerprint density at radius 3 is 2.71 bits per heavy atom. The predicted octanol–water partition coefficient (Wildman–Crippen LogP) is 2.89. The lowest BCUT2D eigenvalue weighted by molar-refractivity contribution is -0.165. The van der Waals surface area contributed by atoms with Gasteiger partial charge >= 0.3 is 0 Å². The van der Waals surface area contributed by atoms with Gasteiger partial charge in [-0.2, -0.15) is 5.26 Å². The highest BCUT2D eigenvalue weighted by molar-refractivity contribution is 8.78. The summed E-state index contributed by atoms with van der Waals surface area (Å²) in [6, 6.07) is 7.39. The van der Waals surface area contributed by atoms with Crippen molar-refractivity contribution in [1.82, 2.24) is 9.80 Å². The first-order valence-corrected chi connectivity index (χ1v) is 11.3. The number of carbonyl (C=O) groups is 2. The molecule has 5 aliphatic rings. The predicted molar refractivity (Wildman–Crippen MR) is 104 cm³/mol. The molecule has 4 saturated heterocycles. The summed E-state index contributed by atoms with van der Waals surface area (Å²) in [5.74, 6) is 1.06. The number of fused-ring (bicyclic) bond motifs is 3. The van der Waals surface area contributed by atoms with Gasteiger partial charge in [-0.1, -0.05) is 34.6 Å². The lowest BCUT2D eigenvalue weighted by Gasteiger charge is -2.58. The molecule has 146 valence electrons. The SMILES string of the molecule is CC[C@@]12SS[C@@]3(C[C@](C)(C#N)C(c4ccc5c(c4)OCO5)N3C1=O)C(=O)N2C. The number of nitriles is 1.